The molecule has 0 radical (unpaired) electrons. The normalized spacial score (nSPS) is 23.4. The van der Waals surface area contributed by atoms with Gasteiger partial charge < -0.3 is 19.7 Å². The first-order valence-electron chi connectivity index (χ1n) is 6.22. The van der Waals surface area contributed by atoms with Gasteiger partial charge in [-0.3, -0.25) is 0 Å². The van der Waals surface area contributed by atoms with Crippen molar-refractivity contribution < 1.29 is 14.6 Å². The lowest BCUT2D eigenvalue weighted by Gasteiger charge is -2.12. The molecule has 0 bridgehead atoms. The summed E-state index contributed by atoms with van der Waals surface area (Å²) in [6, 6.07) is 0. The van der Waals surface area contributed by atoms with Crippen LogP contribution in [0.3, 0.4) is 0 Å². The monoisotopic (exact) mass is 253 g/mol. The van der Waals surface area contributed by atoms with Crippen molar-refractivity contribution in [2.45, 2.75) is 31.5 Å². The second-order valence-electron chi connectivity index (χ2n) is 4.57. The Morgan fingerprint density at radius 3 is 3.11 bits per heavy atom. The van der Waals surface area contributed by atoms with E-state index in [9.17, 15) is 4.79 Å². The van der Waals surface area contributed by atoms with Crippen molar-refractivity contribution in [3.63, 3.8) is 0 Å². The van der Waals surface area contributed by atoms with Crippen LogP contribution >= 0.6 is 0 Å². The number of aryl methyl sites for hydroxylation is 1. The Labute approximate surface area is 106 Å². The zero-order valence-corrected chi connectivity index (χ0v) is 10.5. The fourth-order valence-corrected chi connectivity index (χ4v) is 2.14. The molecule has 100 valence electrons. The van der Waals surface area contributed by atoms with Gasteiger partial charge in [-0.05, 0) is 12.8 Å². The van der Waals surface area contributed by atoms with Gasteiger partial charge in [-0.15, -0.1) is 0 Å². The molecule has 18 heavy (non-hydrogen) atoms. The van der Waals surface area contributed by atoms with Gasteiger partial charge in [0.1, 0.15) is 5.82 Å². The molecule has 6 heteroatoms. The summed E-state index contributed by atoms with van der Waals surface area (Å²) in [5.41, 5.74) is 0. The number of carboxylic acids is 1. The highest BCUT2D eigenvalue weighted by atomic mass is 16.5. The first kappa shape index (κ1) is 13.0. The summed E-state index contributed by atoms with van der Waals surface area (Å²) in [7, 11) is 1.97. The van der Waals surface area contributed by atoms with E-state index in [-0.39, 0.29) is 6.10 Å². The van der Waals surface area contributed by atoms with Gasteiger partial charge in [0.05, 0.1) is 6.10 Å². The van der Waals surface area contributed by atoms with Crippen molar-refractivity contribution in [3.05, 3.63) is 18.2 Å². The van der Waals surface area contributed by atoms with Crippen molar-refractivity contribution >= 4 is 5.97 Å². The van der Waals surface area contributed by atoms with Gasteiger partial charge in [0.15, 0.2) is 6.10 Å². The van der Waals surface area contributed by atoms with Crippen LogP contribution < -0.4 is 5.32 Å². The summed E-state index contributed by atoms with van der Waals surface area (Å²) >= 11 is 0. The molecule has 0 amide bonds. The van der Waals surface area contributed by atoms with Gasteiger partial charge in [-0.25, -0.2) is 9.78 Å². The molecular weight excluding hydrogens is 234 g/mol. The van der Waals surface area contributed by atoms with Gasteiger partial charge in [-0.1, -0.05) is 0 Å². The molecule has 0 aliphatic carbocycles. The van der Waals surface area contributed by atoms with E-state index in [0.717, 1.165) is 25.2 Å². The van der Waals surface area contributed by atoms with E-state index >= 15 is 0 Å². The molecule has 1 aromatic heterocycles. The largest absolute Gasteiger partial charge is 0.479 e. The lowest BCUT2D eigenvalue weighted by molar-refractivity contribution is -0.149. The third-order valence-electron chi connectivity index (χ3n) is 3.20. The number of rotatable bonds is 6. The van der Waals surface area contributed by atoms with Crippen LogP contribution in [0.5, 0.6) is 0 Å². The maximum absolute atomic E-state index is 10.7. The summed E-state index contributed by atoms with van der Waals surface area (Å²) in [6.45, 7) is 1.52. The Kier molecular flexibility index (Phi) is 4.33. The lowest BCUT2D eigenvalue weighted by Crippen LogP contribution is -2.30. The molecule has 1 saturated heterocycles. The molecule has 2 unspecified atom stereocenters. The van der Waals surface area contributed by atoms with Crippen molar-refractivity contribution in [3.8, 4) is 0 Å². The summed E-state index contributed by atoms with van der Waals surface area (Å²) < 4.78 is 7.40. The van der Waals surface area contributed by atoms with Gasteiger partial charge in [0.25, 0.3) is 0 Å². The Balaban J connectivity index is 1.62. The Morgan fingerprint density at radius 2 is 2.50 bits per heavy atom. The number of nitrogens with zero attached hydrogens (tertiary/aromatic N) is 2. The molecule has 2 rings (SSSR count). The van der Waals surface area contributed by atoms with Crippen LogP contribution in [0.4, 0.5) is 0 Å². The Hall–Kier alpha value is -1.40. The highest BCUT2D eigenvalue weighted by Crippen LogP contribution is 2.19. The minimum Gasteiger partial charge on any atom is -0.479 e. The van der Waals surface area contributed by atoms with Crippen molar-refractivity contribution in [1.29, 1.82) is 0 Å². The van der Waals surface area contributed by atoms with E-state index < -0.39 is 12.1 Å². The molecule has 6 nitrogen and oxygen atoms in total. The fourth-order valence-electron chi connectivity index (χ4n) is 2.14. The summed E-state index contributed by atoms with van der Waals surface area (Å²) in [5, 5.41) is 12.1. The Morgan fingerprint density at radius 1 is 1.67 bits per heavy atom. The molecule has 2 N–H and O–H groups in total. The highest BCUT2D eigenvalue weighted by Gasteiger charge is 2.29. The van der Waals surface area contributed by atoms with Crippen LogP contribution in [0.2, 0.25) is 0 Å². The first-order valence-corrected chi connectivity index (χ1v) is 6.22. The maximum atomic E-state index is 10.7. The minimum absolute atomic E-state index is 0.0208. The number of carbonyl (C=O) groups is 1. The van der Waals surface area contributed by atoms with Crippen molar-refractivity contribution in [1.82, 2.24) is 14.9 Å². The quantitative estimate of drug-likeness (QED) is 0.707. The number of aliphatic carboxylic acids is 1. The van der Waals surface area contributed by atoms with Gasteiger partial charge >= 0.3 is 5.97 Å². The molecular formula is C12H19N3O3. The van der Waals surface area contributed by atoms with Crippen LogP contribution in [-0.4, -0.2) is 45.9 Å². The number of hydrogen-bond acceptors (Lipinski definition) is 4. The number of carboxylic acid groups (broad SMARTS) is 1. The van der Waals surface area contributed by atoms with Crippen molar-refractivity contribution in [2.24, 2.45) is 7.05 Å². The van der Waals surface area contributed by atoms with Gasteiger partial charge in [0.2, 0.25) is 0 Å². The Bertz CT molecular complexity index is 405. The van der Waals surface area contributed by atoms with E-state index in [1.165, 1.54) is 0 Å². The van der Waals surface area contributed by atoms with Gasteiger partial charge in [0, 0.05) is 39.0 Å². The number of aromatic nitrogens is 2. The number of nitrogens with one attached hydrogen (secondary N) is 1. The highest BCUT2D eigenvalue weighted by molar-refractivity contribution is 5.72. The molecule has 0 saturated carbocycles. The second kappa shape index (κ2) is 5.97. The molecule has 0 spiro atoms. The zero-order valence-electron chi connectivity index (χ0n) is 10.5. The predicted octanol–water partition coefficient (Wildman–Crippen LogP) is 0.184. The molecule has 1 aliphatic heterocycles. The average molecular weight is 253 g/mol. The predicted molar refractivity (Wildman–Crippen MR) is 65.3 cm³/mol. The molecule has 2 atom stereocenters. The molecule has 0 aromatic carbocycles. The van der Waals surface area contributed by atoms with E-state index in [1.54, 1.807) is 6.20 Å². The zero-order chi connectivity index (χ0) is 13.0. The molecule has 2 heterocycles. The van der Waals surface area contributed by atoms with E-state index in [4.69, 9.17) is 9.84 Å². The lowest BCUT2D eigenvalue weighted by atomic mass is 10.2. The number of hydrogen-bond donors (Lipinski definition) is 2. The average Bonchev–Trinajstić information content (AvgIpc) is 2.94. The SMILES string of the molecule is Cn1ccnc1CCNCC1CCC(C(=O)O)O1. The molecule has 1 aliphatic rings. The standard InChI is InChI=1S/C12H19N3O3/c1-15-7-6-14-11(15)4-5-13-8-9-2-3-10(18-9)12(16)17/h6-7,9-10,13H,2-5,8H2,1H3,(H,16,17). The van der Waals surface area contributed by atoms with E-state index in [0.29, 0.717) is 13.0 Å². The fraction of sp³-hybridized carbons (Fsp3) is 0.667. The third kappa shape index (κ3) is 3.30. The summed E-state index contributed by atoms with van der Waals surface area (Å²) in [6.07, 6.45) is 5.39. The van der Waals surface area contributed by atoms with Crippen molar-refractivity contribution in [2.75, 3.05) is 13.1 Å². The topological polar surface area (TPSA) is 76.4 Å². The summed E-state index contributed by atoms with van der Waals surface area (Å²) in [5.74, 6) is 0.184. The molecule has 1 fully saturated rings. The summed E-state index contributed by atoms with van der Waals surface area (Å²) in [4.78, 5) is 14.9. The number of imidazole rings is 1. The van der Waals surface area contributed by atoms with Crippen LogP contribution in [0.15, 0.2) is 12.4 Å². The number of ether oxygens (including phenoxy) is 1. The third-order valence-corrected chi connectivity index (χ3v) is 3.20. The van der Waals surface area contributed by atoms with Gasteiger partial charge in [-0.2, -0.15) is 0 Å². The maximum Gasteiger partial charge on any atom is 0.332 e. The van der Waals surface area contributed by atoms with Crippen LogP contribution in [-0.2, 0) is 23.0 Å². The second-order valence-corrected chi connectivity index (χ2v) is 4.57. The molecule has 1 aromatic rings. The van der Waals surface area contributed by atoms with Crippen LogP contribution in [0, 0.1) is 0 Å². The van der Waals surface area contributed by atoms with E-state index in [2.05, 4.69) is 10.3 Å². The first-order chi connectivity index (χ1) is 8.66. The van der Waals surface area contributed by atoms with E-state index in [1.807, 2.05) is 17.8 Å². The smallest absolute Gasteiger partial charge is 0.332 e. The minimum atomic E-state index is -0.856. The van der Waals surface area contributed by atoms with Crippen LogP contribution in [0.25, 0.3) is 0 Å². The van der Waals surface area contributed by atoms with Crippen LogP contribution in [0.1, 0.15) is 18.7 Å².